The van der Waals surface area contributed by atoms with E-state index in [0.29, 0.717) is 59.0 Å². The maximum Gasteiger partial charge on any atom is 0.269 e. The summed E-state index contributed by atoms with van der Waals surface area (Å²) in [4.78, 5) is 75.6. The summed E-state index contributed by atoms with van der Waals surface area (Å²) in [6.45, 7) is 1.35. The molecule has 1 atom stereocenters. The van der Waals surface area contributed by atoms with E-state index in [1.165, 1.54) is 4.90 Å². The van der Waals surface area contributed by atoms with Gasteiger partial charge >= 0.3 is 0 Å². The molecule has 2 aromatic heterocycles. The Labute approximate surface area is 351 Å². The molecular formula is C46H42N10O5. The predicted octanol–water partition coefficient (Wildman–Crippen LogP) is 6.83. The van der Waals surface area contributed by atoms with Gasteiger partial charge in [0.1, 0.15) is 11.7 Å². The quantitative estimate of drug-likeness (QED) is 0.0550. The summed E-state index contributed by atoms with van der Waals surface area (Å²) in [6.07, 6.45) is 4.40. The van der Waals surface area contributed by atoms with Crippen LogP contribution in [0.15, 0.2) is 126 Å². The van der Waals surface area contributed by atoms with Crippen molar-refractivity contribution in [3.8, 4) is 11.1 Å². The van der Waals surface area contributed by atoms with Crippen LogP contribution in [0.4, 0.5) is 28.4 Å². The molecule has 4 heterocycles. The Bertz CT molecular complexity index is 2690. The molecule has 4 N–H and O–H groups in total. The van der Waals surface area contributed by atoms with Crippen molar-refractivity contribution in [1.29, 1.82) is 0 Å². The molecular weight excluding hydrogens is 773 g/mol. The van der Waals surface area contributed by atoms with Crippen LogP contribution in [0.25, 0.3) is 22.0 Å². The topological polar surface area (TPSA) is 190 Å². The van der Waals surface area contributed by atoms with E-state index in [9.17, 15) is 24.0 Å². The summed E-state index contributed by atoms with van der Waals surface area (Å²) >= 11 is 0. The fraction of sp³-hybridized carbons (Fsp3) is 0.196. The number of aromatic nitrogens is 2. The number of azo groups is 1. The number of carbonyl (C=O) groups is 5. The third-order valence-corrected chi connectivity index (χ3v) is 10.8. The first-order valence-electron chi connectivity index (χ1n) is 19.9. The first-order valence-corrected chi connectivity index (χ1v) is 19.9. The number of anilines is 3. The lowest BCUT2D eigenvalue weighted by atomic mass is 10.0. The minimum Gasteiger partial charge on any atom is -0.375 e. The minimum absolute atomic E-state index is 0.188. The molecule has 15 nitrogen and oxygen atoms in total. The highest BCUT2D eigenvalue weighted by atomic mass is 16.2. The SMILES string of the molecule is CNC(=O)c1cnc2ccc(-c3ccc(C(=O)NCCCN(C)c4ccc(N=Nc5cccc6c5CN(C5CCC(=O)NC5=O)C6=O)cc4)nc3)cc2c1Nc1ccccc1. The average molecular weight is 815 g/mol. The number of para-hydroxylation sites is 1. The lowest BCUT2D eigenvalue weighted by Crippen LogP contribution is -2.52. The molecule has 1 saturated heterocycles. The molecule has 8 rings (SSSR count). The van der Waals surface area contributed by atoms with Crippen LogP contribution in [-0.4, -0.2) is 77.6 Å². The van der Waals surface area contributed by atoms with Crippen molar-refractivity contribution < 1.29 is 24.0 Å². The van der Waals surface area contributed by atoms with Crippen LogP contribution in [0.1, 0.15) is 56.0 Å². The highest BCUT2D eigenvalue weighted by Crippen LogP contribution is 2.35. The van der Waals surface area contributed by atoms with E-state index in [1.807, 2.05) is 85.9 Å². The molecule has 0 spiro atoms. The molecule has 2 aliphatic rings. The molecule has 0 aliphatic carbocycles. The van der Waals surface area contributed by atoms with Gasteiger partial charge in [-0.15, -0.1) is 0 Å². The van der Waals surface area contributed by atoms with Crippen molar-refractivity contribution in [2.24, 2.45) is 10.2 Å². The van der Waals surface area contributed by atoms with Crippen molar-refractivity contribution in [1.82, 2.24) is 30.8 Å². The zero-order valence-corrected chi connectivity index (χ0v) is 33.5. The molecule has 0 bridgehead atoms. The number of nitrogens with zero attached hydrogens (tertiary/aromatic N) is 6. The van der Waals surface area contributed by atoms with E-state index in [2.05, 4.69) is 46.4 Å². The number of rotatable bonds is 13. The number of piperidine rings is 1. The molecule has 306 valence electrons. The number of hydrogen-bond acceptors (Lipinski definition) is 11. The second-order valence-corrected chi connectivity index (χ2v) is 14.7. The fourth-order valence-electron chi connectivity index (χ4n) is 7.46. The van der Waals surface area contributed by atoms with Crippen molar-refractivity contribution >= 4 is 68.9 Å². The summed E-state index contributed by atoms with van der Waals surface area (Å²) in [5, 5.41) is 21.0. The summed E-state index contributed by atoms with van der Waals surface area (Å²) < 4.78 is 0. The summed E-state index contributed by atoms with van der Waals surface area (Å²) in [6, 6.07) is 31.1. The number of benzene rings is 4. The highest BCUT2D eigenvalue weighted by Gasteiger charge is 2.40. The third kappa shape index (κ3) is 8.66. The standard InChI is InChI=1S/C46H42N10O5/c1-47-43(58)35-26-50-37-18-12-28(24-34(37)42(35)51-30-8-4-3-5-9-30)29-13-19-39(49-25-29)44(59)48-22-7-23-55(2)32-16-14-31(15-17-32)53-54-38-11-6-10-33-36(38)27-56(46(33)61)40-20-21-41(57)52-45(40)60/h3-6,8-19,24-26,40H,7,20-23,27H2,1-2H3,(H,47,58)(H,48,59)(H,50,51)(H,52,57,60). The Morgan fingerprint density at radius 2 is 1.67 bits per heavy atom. The van der Waals surface area contributed by atoms with E-state index in [1.54, 1.807) is 43.7 Å². The van der Waals surface area contributed by atoms with Gasteiger partial charge in [-0.1, -0.05) is 36.4 Å². The predicted molar refractivity (Wildman–Crippen MR) is 231 cm³/mol. The Morgan fingerprint density at radius 3 is 2.43 bits per heavy atom. The molecule has 0 radical (unpaired) electrons. The van der Waals surface area contributed by atoms with Crippen LogP contribution in [0, 0.1) is 0 Å². The van der Waals surface area contributed by atoms with Gasteiger partial charge in [-0.25, -0.2) is 0 Å². The molecule has 6 aromatic rings. The Kier molecular flexibility index (Phi) is 11.5. The first-order chi connectivity index (χ1) is 29.7. The summed E-state index contributed by atoms with van der Waals surface area (Å²) in [5.74, 6) is -1.58. The molecule has 61 heavy (non-hydrogen) atoms. The Morgan fingerprint density at radius 1 is 0.869 bits per heavy atom. The van der Waals surface area contributed by atoms with E-state index < -0.39 is 11.9 Å². The molecule has 1 fully saturated rings. The van der Waals surface area contributed by atoms with Gasteiger partial charge in [-0.3, -0.25) is 39.3 Å². The zero-order chi connectivity index (χ0) is 42.5. The third-order valence-electron chi connectivity index (χ3n) is 10.8. The van der Waals surface area contributed by atoms with E-state index in [4.69, 9.17) is 0 Å². The van der Waals surface area contributed by atoms with Crippen molar-refractivity contribution in [3.63, 3.8) is 0 Å². The number of pyridine rings is 2. The van der Waals surface area contributed by atoms with Gasteiger partial charge in [-0.05, 0) is 85.1 Å². The van der Waals surface area contributed by atoms with Gasteiger partial charge in [0.15, 0.2) is 0 Å². The second-order valence-electron chi connectivity index (χ2n) is 14.7. The monoisotopic (exact) mass is 814 g/mol. The molecule has 2 aliphatic heterocycles. The molecule has 1 unspecified atom stereocenters. The van der Waals surface area contributed by atoms with E-state index in [0.717, 1.165) is 33.4 Å². The Balaban J connectivity index is 0.842. The van der Waals surface area contributed by atoms with Crippen LogP contribution < -0.4 is 26.2 Å². The lowest BCUT2D eigenvalue weighted by Gasteiger charge is -2.29. The highest BCUT2D eigenvalue weighted by molar-refractivity contribution is 6.09. The average Bonchev–Trinajstić information content (AvgIpc) is 3.63. The van der Waals surface area contributed by atoms with Gasteiger partial charge < -0.3 is 25.8 Å². The zero-order valence-electron chi connectivity index (χ0n) is 33.5. The van der Waals surface area contributed by atoms with Gasteiger partial charge in [0.05, 0.1) is 28.1 Å². The van der Waals surface area contributed by atoms with Crippen LogP contribution in [0.3, 0.4) is 0 Å². The van der Waals surface area contributed by atoms with Crippen LogP contribution in [0.5, 0.6) is 0 Å². The number of imide groups is 1. The van der Waals surface area contributed by atoms with Crippen molar-refractivity contribution in [2.45, 2.75) is 31.8 Å². The molecule has 4 aromatic carbocycles. The normalized spacial score (nSPS) is 14.8. The van der Waals surface area contributed by atoms with Crippen LogP contribution >= 0.6 is 0 Å². The summed E-state index contributed by atoms with van der Waals surface area (Å²) in [7, 11) is 3.56. The van der Waals surface area contributed by atoms with E-state index >= 15 is 0 Å². The van der Waals surface area contributed by atoms with Gasteiger partial charge in [0.25, 0.3) is 17.7 Å². The fourth-order valence-corrected chi connectivity index (χ4v) is 7.46. The van der Waals surface area contributed by atoms with Gasteiger partial charge in [0, 0.05) is 86.0 Å². The van der Waals surface area contributed by atoms with Gasteiger partial charge in [0.2, 0.25) is 11.8 Å². The minimum atomic E-state index is -0.702. The van der Waals surface area contributed by atoms with Crippen LogP contribution in [-0.2, 0) is 16.1 Å². The second kappa shape index (κ2) is 17.6. The number of hydrogen-bond donors (Lipinski definition) is 4. The van der Waals surface area contributed by atoms with Crippen molar-refractivity contribution in [2.75, 3.05) is 37.4 Å². The smallest absolute Gasteiger partial charge is 0.269 e. The molecule has 15 heteroatoms. The van der Waals surface area contributed by atoms with E-state index in [-0.39, 0.29) is 43.0 Å². The summed E-state index contributed by atoms with van der Waals surface area (Å²) in [5.41, 5.74) is 7.89. The maximum absolute atomic E-state index is 13.2. The molecule has 5 amide bonds. The Hall–Kier alpha value is -7.81. The largest absolute Gasteiger partial charge is 0.375 e. The maximum atomic E-state index is 13.2. The van der Waals surface area contributed by atoms with Crippen molar-refractivity contribution in [3.05, 3.63) is 138 Å². The first kappa shape index (κ1) is 40.0. The lowest BCUT2D eigenvalue weighted by molar-refractivity contribution is -0.136. The number of fused-ring (bicyclic) bond motifs is 2. The number of nitrogens with one attached hydrogen (secondary N) is 4. The number of amides is 5. The van der Waals surface area contributed by atoms with Gasteiger partial charge in [-0.2, -0.15) is 10.2 Å². The van der Waals surface area contributed by atoms with Crippen LogP contribution in [0.2, 0.25) is 0 Å². The molecule has 0 saturated carbocycles. The number of carbonyl (C=O) groups excluding carboxylic acids is 5.